The molecule has 6 rings (SSSR count). The molecule has 0 saturated carbocycles. The maximum Gasteiger partial charge on any atom is 0.272 e. The molecule has 0 fully saturated rings. The summed E-state index contributed by atoms with van der Waals surface area (Å²) in [7, 11) is 0. The number of aromatic amines is 1. The summed E-state index contributed by atoms with van der Waals surface area (Å²) in [6.45, 7) is 5.75. The second kappa shape index (κ2) is 10.8. The summed E-state index contributed by atoms with van der Waals surface area (Å²) < 4.78 is 45.0. The van der Waals surface area contributed by atoms with Gasteiger partial charge >= 0.3 is 0 Å². The van der Waals surface area contributed by atoms with Gasteiger partial charge in [-0.25, -0.2) is 22.8 Å². The molecule has 4 heterocycles. The quantitative estimate of drug-likeness (QED) is 0.195. The van der Waals surface area contributed by atoms with Gasteiger partial charge < -0.3 is 9.88 Å². The minimum atomic E-state index is -3.19. The van der Waals surface area contributed by atoms with Crippen LogP contribution in [0.5, 0.6) is 0 Å². The van der Waals surface area contributed by atoms with Crippen LogP contribution in [0.2, 0.25) is 0 Å². The highest BCUT2D eigenvalue weighted by Crippen LogP contribution is 2.40. The number of rotatable bonds is 8. The van der Waals surface area contributed by atoms with Crippen molar-refractivity contribution in [2.24, 2.45) is 0 Å². The van der Waals surface area contributed by atoms with Crippen LogP contribution in [-0.2, 0) is 31.7 Å². The molecule has 0 amide bonds. The number of carbonyl (C=O) groups is 1. The largest absolute Gasteiger partial charge is 0.361 e. The van der Waals surface area contributed by atoms with Crippen molar-refractivity contribution in [3.63, 3.8) is 0 Å². The van der Waals surface area contributed by atoms with Gasteiger partial charge in [0.1, 0.15) is 0 Å². The molecule has 1 aliphatic rings. The highest BCUT2D eigenvalue weighted by molar-refractivity contribution is 6.03. The lowest BCUT2D eigenvalue weighted by atomic mass is 9.96. The van der Waals surface area contributed by atoms with Gasteiger partial charge in [-0.1, -0.05) is 44.5 Å². The van der Waals surface area contributed by atoms with Crippen molar-refractivity contribution in [1.82, 2.24) is 19.7 Å². The summed E-state index contributed by atoms with van der Waals surface area (Å²) in [5, 5.41) is 6.06. The van der Waals surface area contributed by atoms with Gasteiger partial charge in [-0.05, 0) is 42.2 Å². The van der Waals surface area contributed by atoms with E-state index in [1.807, 2.05) is 23.0 Å². The third kappa shape index (κ3) is 4.66. The number of aldehydes is 1. The predicted octanol–water partition coefficient (Wildman–Crippen LogP) is 7.56. The fraction of sp³-hybridized carbons (Fsp3) is 0.303. The van der Waals surface area contributed by atoms with Gasteiger partial charge in [0.05, 0.1) is 22.6 Å². The molecule has 1 N–H and O–H groups in total. The number of aromatic nitrogens is 4. The highest BCUT2D eigenvalue weighted by atomic mass is 19.3. The molecule has 3 aromatic heterocycles. The van der Waals surface area contributed by atoms with Gasteiger partial charge in [-0.15, -0.1) is 0 Å². The van der Waals surface area contributed by atoms with Gasteiger partial charge in [-0.2, -0.15) is 5.10 Å². The molecule has 5 aromatic rings. The number of nitrogens with one attached hydrogen (secondary N) is 1. The fourth-order valence-corrected chi connectivity index (χ4v) is 6.05. The topological polar surface area (TPSA) is 66.8 Å². The van der Waals surface area contributed by atoms with E-state index in [1.165, 1.54) is 5.56 Å². The Hall–Kier alpha value is -4.40. The number of para-hydroxylation sites is 1. The Morgan fingerprint density at radius 1 is 1.12 bits per heavy atom. The normalized spacial score (nSPS) is 13.5. The van der Waals surface area contributed by atoms with E-state index in [0.717, 1.165) is 89.4 Å². The first-order valence-corrected chi connectivity index (χ1v) is 14.3. The van der Waals surface area contributed by atoms with Gasteiger partial charge in [-0.3, -0.25) is 4.79 Å². The van der Waals surface area contributed by atoms with Crippen LogP contribution in [0.1, 0.15) is 65.5 Å². The molecule has 0 saturated heterocycles. The number of pyridine rings is 1. The minimum absolute atomic E-state index is 0.0380. The molecule has 6 nitrogen and oxygen atoms in total. The molecule has 0 radical (unpaired) electrons. The van der Waals surface area contributed by atoms with E-state index in [4.69, 9.17) is 5.10 Å². The predicted molar refractivity (Wildman–Crippen MR) is 158 cm³/mol. The fourth-order valence-electron chi connectivity index (χ4n) is 6.05. The molecule has 0 unspecified atom stereocenters. The van der Waals surface area contributed by atoms with Crippen LogP contribution in [0.4, 0.5) is 19.0 Å². The van der Waals surface area contributed by atoms with E-state index in [-0.39, 0.29) is 5.82 Å². The molecule has 216 valence electrons. The smallest absolute Gasteiger partial charge is 0.272 e. The maximum absolute atomic E-state index is 15.2. The first kappa shape index (κ1) is 27.8. The Labute approximate surface area is 242 Å². The third-order valence-corrected chi connectivity index (χ3v) is 8.12. The summed E-state index contributed by atoms with van der Waals surface area (Å²) in [6, 6.07) is 12.9. The minimum Gasteiger partial charge on any atom is -0.361 e. The number of nitrogens with zero attached hydrogens (tertiary/aromatic N) is 4. The van der Waals surface area contributed by atoms with Crippen LogP contribution in [-0.4, -0.2) is 32.6 Å². The zero-order valence-corrected chi connectivity index (χ0v) is 23.8. The first-order chi connectivity index (χ1) is 20.2. The second-order valence-corrected chi connectivity index (χ2v) is 10.9. The summed E-state index contributed by atoms with van der Waals surface area (Å²) in [4.78, 5) is 21.0. The SMILES string of the molecule is CCCc1cccc(CC)c1-n1nc2c(c1-c1ccc(C=O)c3[nH]ccc13)CN(c1ncc(C(C)(F)F)cc1F)CC2. The molecule has 42 heavy (non-hydrogen) atoms. The van der Waals surface area contributed by atoms with Crippen LogP contribution >= 0.6 is 0 Å². The Balaban J connectivity index is 1.57. The molecule has 0 bridgehead atoms. The first-order valence-electron chi connectivity index (χ1n) is 14.3. The van der Waals surface area contributed by atoms with Crippen LogP contribution in [0.25, 0.3) is 27.8 Å². The van der Waals surface area contributed by atoms with Crippen molar-refractivity contribution in [1.29, 1.82) is 0 Å². The summed E-state index contributed by atoms with van der Waals surface area (Å²) in [5.74, 6) is -3.93. The number of carbonyl (C=O) groups excluding carboxylic acids is 1. The van der Waals surface area contributed by atoms with Gasteiger partial charge in [0.15, 0.2) is 17.9 Å². The molecular formula is C33H32F3N5O. The zero-order valence-electron chi connectivity index (χ0n) is 23.8. The summed E-state index contributed by atoms with van der Waals surface area (Å²) in [6.07, 6.45) is 6.89. The van der Waals surface area contributed by atoms with Crippen molar-refractivity contribution in [3.8, 4) is 16.9 Å². The maximum atomic E-state index is 15.2. The number of anilines is 1. The molecule has 9 heteroatoms. The number of benzene rings is 2. The lowest BCUT2D eigenvalue weighted by molar-refractivity contribution is 0.0168. The zero-order chi connectivity index (χ0) is 29.6. The average molecular weight is 572 g/mol. The molecule has 0 atom stereocenters. The number of hydrogen-bond donors (Lipinski definition) is 1. The van der Waals surface area contributed by atoms with E-state index in [9.17, 15) is 13.6 Å². The standard InChI is InChI=1S/C33H32F3N5O/c1-4-7-21-9-6-8-20(5-2)30(21)41-31(25-11-10-22(19-42)29-24(25)12-14-37-29)26-18-40(15-13-28(26)39-41)32-27(34)16-23(17-38-32)33(3,35)36/h6,8-12,14,16-17,19,37H,4-5,7,13,15,18H2,1-3H3. The van der Waals surface area contributed by atoms with E-state index in [1.54, 1.807) is 11.0 Å². The van der Waals surface area contributed by atoms with Crippen LogP contribution < -0.4 is 4.90 Å². The van der Waals surface area contributed by atoms with Crippen LogP contribution in [0.3, 0.4) is 0 Å². The van der Waals surface area contributed by atoms with E-state index < -0.39 is 17.3 Å². The lowest BCUT2D eigenvalue weighted by Gasteiger charge is -2.28. The van der Waals surface area contributed by atoms with Gasteiger partial charge in [0.25, 0.3) is 5.92 Å². The summed E-state index contributed by atoms with van der Waals surface area (Å²) >= 11 is 0. The number of aryl methyl sites for hydroxylation is 2. The Morgan fingerprint density at radius 2 is 1.93 bits per heavy atom. The van der Waals surface area contributed by atoms with E-state index >= 15 is 4.39 Å². The highest BCUT2D eigenvalue weighted by Gasteiger charge is 2.32. The van der Waals surface area contributed by atoms with Crippen molar-refractivity contribution >= 4 is 23.0 Å². The number of fused-ring (bicyclic) bond motifs is 2. The Kier molecular flexibility index (Phi) is 7.12. The van der Waals surface area contributed by atoms with Crippen molar-refractivity contribution in [3.05, 3.63) is 94.2 Å². The van der Waals surface area contributed by atoms with Crippen molar-refractivity contribution in [2.75, 3.05) is 11.4 Å². The van der Waals surface area contributed by atoms with Gasteiger partial charge in [0, 0.05) is 66.5 Å². The lowest BCUT2D eigenvalue weighted by Crippen LogP contribution is -2.32. The van der Waals surface area contributed by atoms with Crippen molar-refractivity contribution < 1.29 is 18.0 Å². The molecule has 0 aliphatic carbocycles. The molecule has 1 aliphatic heterocycles. The second-order valence-electron chi connectivity index (χ2n) is 10.9. The van der Waals surface area contributed by atoms with Crippen molar-refractivity contribution in [2.45, 2.75) is 58.9 Å². The average Bonchev–Trinajstić information content (AvgIpc) is 3.61. The molecular weight excluding hydrogens is 539 g/mol. The Bertz CT molecular complexity index is 1800. The number of alkyl halides is 2. The van der Waals surface area contributed by atoms with Crippen LogP contribution in [0.15, 0.2) is 54.9 Å². The van der Waals surface area contributed by atoms with E-state index in [0.29, 0.717) is 25.1 Å². The number of halogens is 3. The number of hydrogen-bond acceptors (Lipinski definition) is 4. The number of H-pyrrole nitrogens is 1. The van der Waals surface area contributed by atoms with Crippen LogP contribution in [0, 0.1) is 5.82 Å². The monoisotopic (exact) mass is 571 g/mol. The third-order valence-electron chi connectivity index (χ3n) is 8.12. The Morgan fingerprint density at radius 3 is 2.64 bits per heavy atom. The summed E-state index contributed by atoms with van der Waals surface area (Å²) in [5.41, 5.74) is 7.81. The van der Waals surface area contributed by atoms with E-state index in [2.05, 4.69) is 42.0 Å². The van der Waals surface area contributed by atoms with Gasteiger partial charge in [0.2, 0.25) is 0 Å². The molecule has 2 aromatic carbocycles. The molecule has 0 spiro atoms.